The summed E-state index contributed by atoms with van der Waals surface area (Å²) in [6.07, 6.45) is 1.85. The topological polar surface area (TPSA) is 99.7 Å². The molecule has 0 unspecified atom stereocenters. The minimum Gasteiger partial charge on any atom is -0.312 e. The molecule has 2 aliphatic rings. The standard InChI is InChI=1S/C21H24N4O4S/c1-15-5-4-6-19(22-15)23-21(27)16-13-20(26)25(14-16)17-7-9-18(10-8-17)30(28,29)24-11-2-3-12-24/h4-10,16H,2-3,11-14H2,1H3,(H,22,23,27)/t16-/m0/s1. The van der Waals surface area contributed by atoms with Gasteiger partial charge in [-0.3, -0.25) is 9.59 Å². The zero-order valence-corrected chi connectivity index (χ0v) is 17.6. The molecule has 1 N–H and O–H groups in total. The number of amides is 2. The lowest BCUT2D eigenvalue weighted by atomic mass is 10.1. The number of aromatic nitrogens is 1. The van der Waals surface area contributed by atoms with Crippen molar-refractivity contribution < 1.29 is 18.0 Å². The molecule has 0 bridgehead atoms. The van der Waals surface area contributed by atoms with E-state index in [1.807, 2.05) is 19.1 Å². The predicted octanol–water partition coefficient (Wildman–Crippen LogP) is 2.17. The summed E-state index contributed by atoms with van der Waals surface area (Å²) in [6.45, 7) is 3.17. The molecule has 158 valence electrons. The summed E-state index contributed by atoms with van der Waals surface area (Å²) in [5, 5.41) is 2.76. The molecule has 4 rings (SSSR count). The van der Waals surface area contributed by atoms with Crippen molar-refractivity contribution in [2.75, 3.05) is 29.9 Å². The third kappa shape index (κ3) is 4.08. The number of hydrogen-bond acceptors (Lipinski definition) is 5. The van der Waals surface area contributed by atoms with Gasteiger partial charge in [-0.25, -0.2) is 13.4 Å². The van der Waals surface area contributed by atoms with Crippen LogP contribution in [0.2, 0.25) is 0 Å². The number of nitrogens with zero attached hydrogens (tertiary/aromatic N) is 3. The van der Waals surface area contributed by atoms with E-state index in [0.717, 1.165) is 18.5 Å². The highest BCUT2D eigenvalue weighted by atomic mass is 32.2. The van der Waals surface area contributed by atoms with Crippen LogP contribution in [0.4, 0.5) is 11.5 Å². The average molecular weight is 429 g/mol. The maximum atomic E-state index is 12.7. The first-order chi connectivity index (χ1) is 14.3. The number of carbonyl (C=O) groups excluding carboxylic acids is 2. The van der Waals surface area contributed by atoms with Crippen LogP contribution in [-0.2, 0) is 19.6 Å². The Hall–Kier alpha value is -2.78. The molecule has 2 aliphatic heterocycles. The molecule has 8 nitrogen and oxygen atoms in total. The summed E-state index contributed by atoms with van der Waals surface area (Å²) in [5.41, 5.74) is 1.38. The summed E-state index contributed by atoms with van der Waals surface area (Å²) in [7, 11) is -3.50. The van der Waals surface area contributed by atoms with Crippen LogP contribution in [-0.4, -0.2) is 49.2 Å². The first kappa shape index (κ1) is 20.5. The molecule has 2 aromatic rings. The molecule has 0 saturated carbocycles. The fourth-order valence-electron chi connectivity index (χ4n) is 3.85. The third-order valence-electron chi connectivity index (χ3n) is 5.49. The van der Waals surface area contributed by atoms with Gasteiger partial charge in [-0.15, -0.1) is 0 Å². The summed E-state index contributed by atoms with van der Waals surface area (Å²) >= 11 is 0. The van der Waals surface area contributed by atoms with Crippen molar-refractivity contribution in [2.45, 2.75) is 31.1 Å². The van der Waals surface area contributed by atoms with Crippen molar-refractivity contribution in [3.8, 4) is 0 Å². The van der Waals surface area contributed by atoms with Gasteiger partial charge >= 0.3 is 0 Å². The van der Waals surface area contributed by atoms with Gasteiger partial charge in [0.2, 0.25) is 21.8 Å². The van der Waals surface area contributed by atoms with Gasteiger partial charge in [0.25, 0.3) is 0 Å². The van der Waals surface area contributed by atoms with Gasteiger partial charge in [0.1, 0.15) is 5.82 Å². The highest BCUT2D eigenvalue weighted by molar-refractivity contribution is 7.89. The number of carbonyl (C=O) groups is 2. The Balaban J connectivity index is 1.44. The molecule has 2 saturated heterocycles. The largest absolute Gasteiger partial charge is 0.312 e. The molecule has 2 amide bonds. The van der Waals surface area contributed by atoms with E-state index in [4.69, 9.17) is 0 Å². The Morgan fingerprint density at radius 1 is 1.10 bits per heavy atom. The maximum Gasteiger partial charge on any atom is 0.243 e. The molecule has 30 heavy (non-hydrogen) atoms. The van der Waals surface area contributed by atoms with E-state index in [-0.39, 0.29) is 29.7 Å². The second kappa shape index (κ2) is 8.16. The second-order valence-electron chi connectivity index (χ2n) is 7.66. The molecule has 1 atom stereocenters. The summed E-state index contributed by atoms with van der Waals surface area (Å²) in [5.74, 6) is -0.449. The van der Waals surface area contributed by atoms with Crippen molar-refractivity contribution >= 4 is 33.3 Å². The van der Waals surface area contributed by atoms with E-state index < -0.39 is 15.9 Å². The smallest absolute Gasteiger partial charge is 0.243 e. The highest BCUT2D eigenvalue weighted by Gasteiger charge is 2.35. The normalized spacial score (nSPS) is 20.0. The van der Waals surface area contributed by atoms with Crippen LogP contribution in [0.5, 0.6) is 0 Å². The molecular formula is C21H24N4O4S. The Morgan fingerprint density at radius 2 is 1.80 bits per heavy atom. The average Bonchev–Trinajstić information content (AvgIpc) is 3.38. The first-order valence-electron chi connectivity index (χ1n) is 10.00. The fourth-order valence-corrected chi connectivity index (χ4v) is 5.37. The monoisotopic (exact) mass is 428 g/mol. The number of anilines is 2. The number of pyridine rings is 1. The van der Waals surface area contributed by atoms with Gasteiger partial charge < -0.3 is 10.2 Å². The zero-order chi connectivity index (χ0) is 21.3. The van der Waals surface area contributed by atoms with Crippen LogP contribution in [0.1, 0.15) is 25.0 Å². The van der Waals surface area contributed by atoms with Crippen LogP contribution >= 0.6 is 0 Å². The molecule has 0 spiro atoms. The molecule has 2 fully saturated rings. The molecule has 0 radical (unpaired) electrons. The summed E-state index contributed by atoms with van der Waals surface area (Å²) in [6, 6.07) is 11.7. The SMILES string of the molecule is Cc1cccc(NC(=O)[C@H]2CC(=O)N(c3ccc(S(=O)(=O)N4CCCC4)cc3)C2)n1. The Labute approximate surface area is 175 Å². The van der Waals surface area contributed by atoms with Crippen molar-refractivity contribution in [1.82, 2.24) is 9.29 Å². The zero-order valence-electron chi connectivity index (χ0n) is 16.7. The Morgan fingerprint density at radius 3 is 2.47 bits per heavy atom. The number of nitrogens with one attached hydrogen (secondary N) is 1. The number of sulfonamides is 1. The van der Waals surface area contributed by atoms with Crippen LogP contribution in [0.25, 0.3) is 0 Å². The van der Waals surface area contributed by atoms with Crippen LogP contribution in [0.15, 0.2) is 47.4 Å². The molecule has 1 aromatic carbocycles. The lowest BCUT2D eigenvalue weighted by Gasteiger charge is -2.19. The molecule has 1 aromatic heterocycles. The summed E-state index contributed by atoms with van der Waals surface area (Å²) in [4.78, 5) is 31.1. The maximum absolute atomic E-state index is 12.7. The van der Waals surface area contributed by atoms with E-state index in [0.29, 0.717) is 24.6 Å². The lowest BCUT2D eigenvalue weighted by Crippen LogP contribution is -2.29. The molecule has 0 aliphatic carbocycles. The van der Waals surface area contributed by atoms with Gasteiger partial charge in [-0.05, 0) is 56.2 Å². The minimum absolute atomic E-state index is 0.103. The van der Waals surface area contributed by atoms with Crippen molar-refractivity contribution in [1.29, 1.82) is 0 Å². The van der Waals surface area contributed by atoms with E-state index in [9.17, 15) is 18.0 Å². The van der Waals surface area contributed by atoms with E-state index >= 15 is 0 Å². The van der Waals surface area contributed by atoms with E-state index in [1.54, 1.807) is 18.2 Å². The van der Waals surface area contributed by atoms with Gasteiger partial charge in [-0.1, -0.05) is 6.07 Å². The van der Waals surface area contributed by atoms with Gasteiger partial charge in [0, 0.05) is 37.4 Å². The summed E-state index contributed by atoms with van der Waals surface area (Å²) < 4.78 is 26.8. The molecular weight excluding hydrogens is 404 g/mol. The van der Waals surface area contributed by atoms with Gasteiger partial charge in [0.05, 0.1) is 10.8 Å². The Bertz CT molecular complexity index is 1060. The number of rotatable bonds is 5. The van der Waals surface area contributed by atoms with Crippen molar-refractivity contribution in [3.05, 3.63) is 48.2 Å². The number of aryl methyl sites for hydroxylation is 1. The fraction of sp³-hybridized carbons (Fsp3) is 0.381. The highest BCUT2D eigenvalue weighted by Crippen LogP contribution is 2.28. The van der Waals surface area contributed by atoms with Crippen molar-refractivity contribution in [2.24, 2.45) is 5.92 Å². The second-order valence-corrected chi connectivity index (χ2v) is 9.60. The molecule has 9 heteroatoms. The van der Waals surface area contributed by atoms with Gasteiger partial charge in [0.15, 0.2) is 0 Å². The number of benzene rings is 1. The lowest BCUT2D eigenvalue weighted by molar-refractivity contribution is -0.122. The first-order valence-corrected chi connectivity index (χ1v) is 11.4. The molecule has 3 heterocycles. The van der Waals surface area contributed by atoms with E-state index in [2.05, 4.69) is 10.3 Å². The van der Waals surface area contributed by atoms with E-state index in [1.165, 1.54) is 21.3 Å². The van der Waals surface area contributed by atoms with Crippen LogP contribution in [0, 0.1) is 12.8 Å². The quantitative estimate of drug-likeness (QED) is 0.787. The number of hydrogen-bond donors (Lipinski definition) is 1. The van der Waals surface area contributed by atoms with Crippen molar-refractivity contribution in [3.63, 3.8) is 0 Å². The Kier molecular flexibility index (Phi) is 5.57. The third-order valence-corrected chi connectivity index (χ3v) is 7.40. The van der Waals surface area contributed by atoms with Crippen LogP contribution < -0.4 is 10.2 Å². The van der Waals surface area contributed by atoms with Gasteiger partial charge in [-0.2, -0.15) is 4.31 Å². The predicted molar refractivity (Wildman–Crippen MR) is 112 cm³/mol. The minimum atomic E-state index is -3.50. The van der Waals surface area contributed by atoms with Crippen LogP contribution in [0.3, 0.4) is 0 Å².